The van der Waals surface area contributed by atoms with Gasteiger partial charge in [0.05, 0.1) is 42.7 Å². The fraction of sp³-hybridized carbons (Fsp3) is 0.370. The summed E-state index contributed by atoms with van der Waals surface area (Å²) >= 11 is 0. The Morgan fingerprint density at radius 1 is 1.23 bits per heavy atom. The molecule has 4 heterocycles. The third-order valence-corrected chi connectivity index (χ3v) is 6.44. The molecule has 0 radical (unpaired) electrons. The Balaban J connectivity index is 1.35. The molecule has 1 aromatic carbocycles. The van der Waals surface area contributed by atoms with Gasteiger partial charge < -0.3 is 19.7 Å². The van der Waals surface area contributed by atoms with E-state index in [2.05, 4.69) is 26.5 Å². The SMILES string of the molecule is COc1nn(C2CCN(C(=O)OC(C)(C)C)CC2)cc1Nc1ncc(F)c(-n2ccc3c(C#N)cccc32)n1. The first-order valence-electron chi connectivity index (χ1n) is 12.6. The van der Waals surface area contributed by atoms with E-state index in [4.69, 9.17) is 9.47 Å². The van der Waals surface area contributed by atoms with Gasteiger partial charge in [0.25, 0.3) is 5.88 Å². The lowest BCUT2D eigenvalue weighted by atomic mass is 10.1. The van der Waals surface area contributed by atoms with Crippen LogP contribution >= 0.6 is 0 Å². The van der Waals surface area contributed by atoms with E-state index in [-0.39, 0.29) is 23.9 Å². The zero-order chi connectivity index (χ0) is 27.7. The molecule has 0 aliphatic carbocycles. The average Bonchev–Trinajstić information content (AvgIpc) is 3.53. The molecule has 0 saturated carbocycles. The largest absolute Gasteiger partial charge is 0.478 e. The van der Waals surface area contributed by atoms with Crippen molar-refractivity contribution in [2.24, 2.45) is 0 Å². The quantitative estimate of drug-likeness (QED) is 0.383. The topological polar surface area (TPSA) is 123 Å². The molecule has 0 bridgehead atoms. The summed E-state index contributed by atoms with van der Waals surface area (Å²) in [5.41, 5.74) is 1.13. The monoisotopic (exact) mass is 532 g/mol. The number of nitrogens with zero attached hydrogens (tertiary/aromatic N) is 7. The molecule has 202 valence electrons. The highest BCUT2D eigenvalue weighted by Gasteiger charge is 2.28. The molecule has 1 saturated heterocycles. The molecule has 0 spiro atoms. The number of aromatic nitrogens is 5. The van der Waals surface area contributed by atoms with Crippen LogP contribution in [0.3, 0.4) is 0 Å². The number of piperidine rings is 1. The standard InChI is InChI=1S/C27H29FN8O3/c1-27(2,3)39-26(37)34-11-8-18(9-12-34)36-16-21(24(33-36)38-4)31-25-30-15-20(28)23(32-25)35-13-10-19-17(14-29)6-5-7-22(19)35/h5-7,10,13,15-16,18H,8-9,11-12H2,1-4H3,(H,30,31,32). The Labute approximate surface area is 224 Å². The van der Waals surface area contributed by atoms with Gasteiger partial charge in [-0.05, 0) is 51.8 Å². The van der Waals surface area contributed by atoms with Crippen LogP contribution in [-0.4, -0.2) is 61.1 Å². The summed E-state index contributed by atoms with van der Waals surface area (Å²) < 4.78 is 29.2. The minimum Gasteiger partial charge on any atom is -0.478 e. The predicted molar refractivity (Wildman–Crippen MR) is 142 cm³/mol. The number of hydrogen-bond acceptors (Lipinski definition) is 8. The number of hydrogen-bond donors (Lipinski definition) is 1. The van der Waals surface area contributed by atoms with Crippen molar-refractivity contribution >= 4 is 28.6 Å². The summed E-state index contributed by atoms with van der Waals surface area (Å²) in [6.45, 7) is 6.64. The maximum Gasteiger partial charge on any atom is 0.410 e. The third kappa shape index (κ3) is 5.34. The van der Waals surface area contributed by atoms with Crippen LogP contribution in [0.1, 0.15) is 45.2 Å². The fourth-order valence-corrected chi connectivity index (χ4v) is 4.60. The molecular formula is C27H29FN8O3. The van der Waals surface area contributed by atoms with Crippen molar-refractivity contribution < 1.29 is 18.7 Å². The minimum absolute atomic E-state index is 0.0402. The highest BCUT2D eigenvalue weighted by molar-refractivity contribution is 5.87. The molecule has 12 heteroatoms. The van der Waals surface area contributed by atoms with Crippen LogP contribution < -0.4 is 10.1 Å². The van der Waals surface area contributed by atoms with E-state index in [1.165, 1.54) is 7.11 Å². The first-order valence-corrected chi connectivity index (χ1v) is 12.6. The fourth-order valence-electron chi connectivity index (χ4n) is 4.60. The molecule has 1 amide bonds. The Hall–Kier alpha value is -4.66. The molecule has 0 unspecified atom stereocenters. The lowest BCUT2D eigenvalue weighted by molar-refractivity contribution is 0.0184. The summed E-state index contributed by atoms with van der Waals surface area (Å²) in [5, 5.41) is 17.7. The maximum atomic E-state index is 14.8. The van der Waals surface area contributed by atoms with Gasteiger partial charge in [0.1, 0.15) is 11.3 Å². The van der Waals surface area contributed by atoms with Gasteiger partial charge in [-0.25, -0.2) is 14.2 Å². The Morgan fingerprint density at radius 2 is 2.00 bits per heavy atom. The number of nitriles is 1. The highest BCUT2D eigenvalue weighted by atomic mass is 19.1. The number of halogens is 1. The van der Waals surface area contributed by atoms with Crippen LogP contribution in [0.4, 0.5) is 20.8 Å². The molecule has 0 atom stereocenters. The van der Waals surface area contributed by atoms with Gasteiger partial charge >= 0.3 is 6.09 Å². The molecule has 4 aromatic rings. The van der Waals surface area contributed by atoms with Crippen molar-refractivity contribution in [3.63, 3.8) is 0 Å². The van der Waals surface area contributed by atoms with Crippen molar-refractivity contribution in [2.45, 2.75) is 45.3 Å². The number of rotatable bonds is 5. The third-order valence-electron chi connectivity index (χ3n) is 6.44. The minimum atomic E-state index is -0.611. The van der Waals surface area contributed by atoms with Crippen LogP contribution in [0.15, 0.2) is 42.9 Å². The van der Waals surface area contributed by atoms with Crippen molar-refractivity contribution in [1.29, 1.82) is 5.26 Å². The molecule has 1 aliphatic rings. The predicted octanol–water partition coefficient (Wildman–Crippen LogP) is 4.95. The molecule has 39 heavy (non-hydrogen) atoms. The number of fused-ring (bicyclic) bond motifs is 1. The van der Waals surface area contributed by atoms with E-state index >= 15 is 0 Å². The summed E-state index contributed by atoms with van der Waals surface area (Å²) in [6, 6.07) is 9.21. The van der Waals surface area contributed by atoms with Crippen molar-refractivity contribution in [3.8, 4) is 17.8 Å². The van der Waals surface area contributed by atoms with E-state index in [1.54, 1.807) is 50.8 Å². The first-order chi connectivity index (χ1) is 18.7. The lowest BCUT2D eigenvalue weighted by Crippen LogP contribution is -2.42. The van der Waals surface area contributed by atoms with Gasteiger partial charge in [-0.1, -0.05) is 6.07 Å². The smallest absolute Gasteiger partial charge is 0.410 e. The molecular weight excluding hydrogens is 503 g/mol. The summed E-state index contributed by atoms with van der Waals surface area (Å²) in [7, 11) is 1.51. The number of carbonyl (C=O) groups is 1. The normalized spacial score (nSPS) is 14.3. The van der Waals surface area contributed by atoms with E-state index in [0.717, 1.165) is 6.20 Å². The Kier molecular flexibility index (Phi) is 6.82. The highest BCUT2D eigenvalue weighted by Crippen LogP contribution is 2.31. The van der Waals surface area contributed by atoms with Gasteiger partial charge in [-0.2, -0.15) is 10.2 Å². The van der Waals surface area contributed by atoms with E-state index < -0.39 is 11.4 Å². The Bertz CT molecular complexity index is 1560. The van der Waals surface area contributed by atoms with Crippen molar-refractivity contribution in [2.75, 3.05) is 25.5 Å². The van der Waals surface area contributed by atoms with Gasteiger partial charge in [0.15, 0.2) is 11.6 Å². The second-order valence-corrected chi connectivity index (χ2v) is 10.3. The molecule has 11 nitrogen and oxygen atoms in total. The van der Waals surface area contributed by atoms with Crippen molar-refractivity contribution in [1.82, 2.24) is 29.2 Å². The summed E-state index contributed by atoms with van der Waals surface area (Å²) in [5.74, 6) is -0.0790. The average molecular weight is 533 g/mol. The van der Waals surface area contributed by atoms with Crippen LogP contribution in [0.2, 0.25) is 0 Å². The van der Waals surface area contributed by atoms with Crippen LogP contribution in [0.5, 0.6) is 5.88 Å². The van der Waals surface area contributed by atoms with Crippen molar-refractivity contribution in [3.05, 3.63) is 54.2 Å². The lowest BCUT2D eigenvalue weighted by Gasteiger charge is -2.33. The van der Waals surface area contributed by atoms with E-state index in [0.29, 0.717) is 54.0 Å². The second-order valence-electron chi connectivity index (χ2n) is 10.3. The van der Waals surface area contributed by atoms with E-state index in [1.807, 2.05) is 20.8 Å². The second kappa shape index (κ2) is 10.2. The molecule has 1 N–H and O–H groups in total. The molecule has 3 aromatic heterocycles. The zero-order valence-corrected chi connectivity index (χ0v) is 22.2. The molecule has 1 fully saturated rings. The van der Waals surface area contributed by atoms with Gasteiger partial charge in [0, 0.05) is 24.7 Å². The van der Waals surface area contributed by atoms with Crippen LogP contribution in [-0.2, 0) is 4.74 Å². The van der Waals surface area contributed by atoms with Gasteiger partial charge in [-0.3, -0.25) is 9.25 Å². The maximum absolute atomic E-state index is 14.8. The number of anilines is 2. The van der Waals surface area contributed by atoms with Gasteiger partial charge in [0.2, 0.25) is 5.95 Å². The van der Waals surface area contributed by atoms with E-state index in [9.17, 15) is 14.4 Å². The number of likely N-dealkylation sites (tertiary alicyclic amines) is 1. The van der Waals surface area contributed by atoms with Crippen LogP contribution in [0, 0.1) is 17.1 Å². The summed E-state index contributed by atoms with van der Waals surface area (Å²) in [6.07, 6.45) is 5.64. The number of carbonyl (C=O) groups excluding carboxylic acids is 1. The molecule has 5 rings (SSSR count). The number of amides is 1. The number of benzene rings is 1. The number of ether oxygens (including phenoxy) is 2. The zero-order valence-electron chi connectivity index (χ0n) is 22.2. The Morgan fingerprint density at radius 3 is 2.69 bits per heavy atom. The first kappa shape index (κ1) is 26.0. The van der Waals surface area contributed by atoms with Gasteiger partial charge in [-0.15, -0.1) is 5.10 Å². The number of methoxy groups -OCH3 is 1. The molecule has 1 aliphatic heterocycles. The van der Waals surface area contributed by atoms with Crippen LogP contribution in [0.25, 0.3) is 16.7 Å². The summed E-state index contributed by atoms with van der Waals surface area (Å²) in [4.78, 5) is 22.6. The number of nitrogens with one attached hydrogen (secondary N) is 1.